The van der Waals surface area contributed by atoms with Gasteiger partial charge in [-0.2, -0.15) is 4.98 Å². The zero-order valence-corrected chi connectivity index (χ0v) is 12.1. The van der Waals surface area contributed by atoms with Crippen LogP contribution in [0.3, 0.4) is 0 Å². The normalized spacial score (nSPS) is 10.3. The molecule has 1 aromatic carbocycles. The summed E-state index contributed by atoms with van der Waals surface area (Å²) in [6.45, 7) is 2.84. The SMILES string of the molecule is CCOc1ccc(Oc2cc(Cl)nc(COC)n2)cc1. The molecule has 0 saturated heterocycles. The molecule has 0 fully saturated rings. The van der Waals surface area contributed by atoms with E-state index in [2.05, 4.69) is 9.97 Å². The Morgan fingerprint density at radius 2 is 1.80 bits per heavy atom. The Hall–Kier alpha value is -1.85. The quantitative estimate of drug-likeness (QED) is 0.764. The summed E-state index contributed by atoms with van der Waals surface area (Å²) in [5.41, 5.74) is 0. The van der Waals surface area contributed by atoms with Crippen molar-refractivity contribution in [3.05, 3.63) is 41.3 Å². The molecule has 2 aromatic rings. The van der Waals surface area contributed by atoms with E-state index in [0.29, 0.717) is 29.2 Å². The van der Waals surface area contributed by atoms with Crippen molar-refractivity contribution in [1.29, 1.82) is 0 Å². The van der Waals surface area contributed by atoms with Crippen LogP contribution >= 0.6 is 11.6 Å². The minimum atomic E-state index is 0.278. The lowest BCUT2D eigenvalue weighted by Gasteiger charge is -2.08. The van der Waals surface area contributed by atoms with Crippen LogP contribution in [0.5, 0.6) is 17.4 Å². The smallest absolute Gasteiger partial charge is 0.224 e. The zero-order valence-electron chi connectivity index (χ0n) is 11.3. The van der Waals surface area contributed by atoms with E-state index in [1.54, 1.807) is 25.3 Å². The highest BCUT2D eigenvalue weighted by atomic mass is 35.5. The fourth-order valence-corrected chi connectivity index (χ4v) is 1.77. The molecule has 0 radical (unpaired) electrons. The fourth-order valence-electron chi connectivity index (χ4n) is 1.58. The van der Waals surface area contributed by atoms with Crippen molar-refractivity contribution < 1.29 is 14.2 Å². The van der Waals surface area contributed by atoms with Gasteiger partial charge in [0.2, 0.25) is 5.88 Å². The Labute approximate surface area is 122 Å². The van der Waals surface area contributed by atoms with Crippen LogP contribution in [-0.2, 0) is 11.3 Å². The minimum absolute atomic E-state index is 0.278. The molecule has 5 nitrogen and oxygen atoms in total. The summed E-state index contributed by atoms with van der Waals surface area (Å²) in [5, 5.41) is 0.313. The van der Waals surface area contributed by atoms with E-state index in [1.807, 2.05) is 19.1 Å². The number of rotatable bonds is 6. The first-order chi connectivity index (χ1) is 9.71. The van der Waals surface area contributed by atoms with Crippen LogP contribution in [0, 0.1) is 0 Å². The van der Waals surface area contributed by atoms with Crippen LogP contribution in [0.1, 0.15) is 12.7 Å². The number of benzene rings is 1. The van der Waals surface area contributed by atoms with Crippen molar-refractivity contribution in [1.82, 2.24) is 9.97 Å². The molecular formula is C14H15ClN2O3. The Morgan fingerprint density at radius 3 is 2.45 bits per heavy atom. The summed E-state index contributed by atoms with van der Waals surface area (Å²) in [7, 11) is 1.57. The molecule has 0 aliphatic rings. The van der Waals surface area contributed by atoms with Gasteiger partial charge in [0.25, 0.3) is 0 Å². The largest absolute Gasteiger partial charge is 0.494 e. The third kappa shape index (κ3) is 4.08. The van der Waals surface area contributed by atoms with E-state index >= 15 is 0 Å². The number of halogens is 1. The lowest BCUT2D eigenvalue weighted by atomic mass is 10.3. The predicted molar refractivity (Wildman–Crippen MR) is 75.4 cm³/mol. The van der Waals surface area contributed by atoms with Crippen molar-refractivity contribution in [2.45, 2.75) is 13.5 Å². The summed E-state index contributed by atoms with van der Waals surface area (Å²) in [6.07, 6.45) is 0. The van der Waals surface area contributed by atoms with E-state index in [0.717, 1.165) is 5.75 Å². The highest BCUT2D eigenvalue weighted by Gasteiger charge is 2.05. The number of hydrogen-bond acceptors (Lipinski definition) is 5. The molecule has 106 valence electrons. The molecule has 2 rings (SSSR count). The summed E-state index contributed by atoms with van der Waals surface area (Å²) in [6, 6.07) is 8.82. The lowest BCUT2D eigenvalue weighted by Crippen LogP contribution is -1.99. The molecular weight excluding hydrogens is 280 g/mol. The van der Waals surface area contributed by atoms with Crippen LogP contribution in [0.4, 0.5) is 0 Å². The number of nitrogens with zero attached hydrogens (tertiary/aromatic N) is 2. The van der Waals surface area contributed by atoms with Gasteiger partial charge in [0.15, 0.2) is 5.82 Å². The second kappa shape index (κ2) is 7.07. The van der Waals surface area contributed by atoms with Gasteiger partial charge in [0, 0.05) is 13.2 Å². The standard InChI is InChI=1S/C14H15ClN2O3/c1-3-19-10-4-6-11(7-5-10)20-14-8-12(15)16-13(17-14)9-18-2/h4-8H,3,9H2,1-2H3. The van der Waals surface area contributed by atoms with E-state index < -0.39 is 0 Å². The van der Waals surface area contributed by atoms with Gasteiger partial charge >= 0.3 is 0 Å². The first-order valence-electron chi connectivity index (χ1n) is 6.14. The number of ether oxygens (including phenoxy) is 3. The molecule has 0 N–H and O–H groups in total. The van der Waals surface area contributed by atoms with Crippen LogP contribution in [0.25, 0.3) is 0 Å². The Balaban J connectivity index is 2.12. The molecule has 0 unspecified atom stereocenters. The molecule has 20 heavy (non-hydrogen) atoms. The maximum Gasteiger partial charge on any atom is 0.224 e. The van der Waals surface area contributed by atoms with Gasteiger partial charge < -0.3 is 14.2 Å². The van der Waals surface area contributed by atoms with Gasteiger partial charge in [-0.15, -0.1) is 0 Å². The molecule has 0 bridgehead atoms. The van der Waals surface area contributed by atoms with Crippen molar-refractivity contribution >= 4 is 11.6 Å². The monoisotopic (exact) mass is 294 g/mol. The fraction of sp³-hybridized carbons (Fsp3) is 0.286. The van der Waals surface area contributed by atoms with Gasteiger partial charge in [-0.1, -0.05) is 11.6 Å². The first kappa shape index (κ1) is 14.6. The Bertz CT molecular complexity index is 561. The number of aromatic nitrogens is 2. The van der Waals surface area contributed by atoms with Crippen LogP contribution < -0.4 is 9.47 Å². The lowest BCUT2D eigenvalue weighted by molar-refractivity contribution is 0.177. The van der Waals surface area contributed by atoms with Crippen molar-refractivity contribution in [3.8, 4) is 17.4 Å². The summed E-state index contributed by atoms with van der Waals surface area (Å²) >= 11 is 5.91. The van der Waals surface area contributed by atoms with Gasteiger partial charge in [0.05, 0.1) is 6.61 Å². The molecule has 0 aliphatic heterocycles. The highest BCUT2D eigenvalue weighted by molar-refractivity contribution is 6.29. The van der Waals surface area contributed by atoms with E-state index in [4.69, 9.17) is 25.8 Å². The third-order valence-electron chi connectivity index (χ3n) is 2.35. The third-order valence-corrected chi connectivity index (χ3v) is 2.54. The highest BCUT2D eigenvalue weighted by Crippen LogP contribution is 2.24. The molecule has 0 spiro atoms. The van der Waals surface area contributed by atoms with Gasteiger partial charge in [-0.3, -0.25) is 0 Å². The molecule has 6 heteroatoms. The van der Waals surface area contributed by atoms with Gasteiger partial charge in [-0.05, 0) is 31.2 Å². The Morgan fingerprint density at radius 1 is 1.10 bits per heavy atom. The van der Waals surface area contributed by atoms with E-state index in [1.165, 1.54) is 0 Å². The van der Waals surface area contributed by atoms with Crippen LogP contribution in [0.2, 0.25) is 5.15 Å². The summed E-state index contributed by atoms with van der Waals surface area (Å²) in [4.78, 5) is 8.24. The second-order valence-corrected chi connectivity index (χ2v) is 4.27. The predicted octanol–water partition coefficient (Wildman–Crippen LogP) is 3.47. The second-order valence-electron chi connectivity index (χ2n) is 3.88. The summed E-state index contributed by atoms with van der Waals surface area (Å²) < 4.78 is 16.0. The topological polar surface area (TPSA) is 53.5 Å². The maximum absolute atomic E-state index is 5.91. The van der Waals surface area contributed by atoms with E-state index in [9.17, 15) is 0 Å². The van der Waals surface area contributed by atoms with Crippen LogP contribution in [0.15, 0.2) is 30.3 Å². The van der Waals surface area contributed by atoms with Gasteiger partial charge in [0.1, 0.15) is 23.3 Å². The average Bonchev–Trinajstić information content (AvgIpc) is 2.41. The zero-order chi connectivity index (χ0) is 14.4. The minimum Gasteiger partial charge on any atom is -0.494 e. The Kier molecular flexibility index (Phi) is 5.15. The van der Waals surface area contributed by atoms with Crippen molar-refractivity contribution in [2.75, 3.05) is 13.7 Å². The summed E-state index contributed by atoms with van der Waals surface area (Å²) in [5.74, 6) is 2.29. The van der Waals surface area contributed by atoms with Crippen molar-refractivity contribution in [3.63, 3.8) is 0 Å². The van der Waals surface area contributed by atoms with Gasteiger partial charge in [-0.25, -0.2) is 4.98 Å². The molecule has 1 heterocycles. The van der Waals surface area contributed by atoms with E-state index in [-0.39, 0.29) is 6.61 Å². The number of hydrogen-bond donors (Lipinski definition) is 0. The van der Waals surface area contributed by atoms with Crippen molar-refractivity contribution in [2.24, 2.45) is 0 Å². The molecule has 0 amide bonds. The molecule has 0 atom stereocenters. The first-order valence-corrected chi connectivity index (χ1v) is 6.52. The molecule has 1 aromatic heterocycles. The molecule has 0 aliphatic carbocycles. The van der Waals surface area contributed by atoms with Crippen LogP contribution in [-0.4, -0.2) is 23.7 Å². The number of methoxy groups -OCH3 is 1. The average molecular weight is 295 g/mol. The molecule has 0 saturated carbocycles. The maximum atomic E-state index is 5.91.